The van der Waals surface area contributed by atoms with E-state index in [0.717, 1.165) is 50.8 Å². The van der Waals surface area contributed by atoms with Crippen molar-refractivity contribution >= 4 is 0 Å². The fourth-order valence-corrected chi connectivity index (χ4v) is 2.59. The topological polar surface area (TPSA) is 57.4 Å². The molecular formula is C15H21N5O. The molecule has 1 aliphatic rings. The number of para-hydroxylation sites is 1. The number of aromatic nitrogens is 3. The fourth-order valence-electron chi connectivity index (χ4n) is 2.59. The van der Waals surface area contributed by atoms with E-state index in [1.54, 1.807) is 6.33 Å². The molecule has 0 radical (unpaired) electrons. The van der Waals surface area contributed by atoms with Crippen LogP contribution in [0.15, 0.2) is 36.7 Å². The lowest BCUT2D eigenvalue weighted by molar-refractivity contribution is 0.107. The van der Waals surface area contributed by atoms with E-state index < -0.39 is 0 Å². The van der Waals surface area contributed by atoms with Crippen molar-refractivity contribution in [1.29, 1.82) is 0 Å². The van der Waals surface area contributed by atoms with Crippen molar-refractivity contribution in [3.8, 4) is 5.69 Å². The van der Waals surface area contributed by atoms with Gasteiger partial charge in [-0.1, -0.05) is 18.2 Å². The molecule has 1 aliphatic heterocycles. The van der Waals surface area contributed by atoms with Crippen LogP contribution in [-0.2, 0) is 6.54 Å². The first-order valence-corrected chi connectivity index (χ1v) is 7.37. The normalized spacial score (nSPS) is 17.2. The van der Waals surface area contributed by atoms with Crippen molar-refractivity contribution in [1.82, 2.24) is 24.6 Å². The molecule has 2 aromatic rings. The van der Waals surface area contributed by atoms with E-state index in [1.165, 1.54) is 0 Å². The fraction of sp³-hybridized carbons (Fsp3) is 0.467. The van der Waals surface area contributed by atoms with Gasteiger partial charge in [-0.25, -0.2) is 9.67 Å². The molecule has 0 unspecified atom stereocenters. The summed E-state index contributed by atoms with van der Waals surface area (Å²) in [6.45, 7) is 5.80. The highest BCUT2D eigenvalue weighted by Crippen LogP contribution is 2.08. The maximum Gasteiger partial charge on any atom is 0.164 e. The molecule has 0 saturated carbocycles. The van der Waals surface area contributed by atoms with E-state index in [2.05, 4.69) is 19.9 Å². The summed E-state index contributed by atoms with van der Waals surface area (Å²) in [7, 11) is 0. The first kappa shape index (κ1) is 14.2. The lowest BCUT2D eigenvalue weighted by Crippen LogP contribution is -2.46. The van der Waals surface area contributed by atoms with Gasteiger partial charge in [0.1, 0.15) is 6.33 Å². The highest BCUT2D eigenvalue weighted by atomic mass is 16.3. The quantitative estimate of drug-likeness (QED) is 0.861. The minimum Gasteiger partial charge on any atom is -0.395 e. The predicted molar refractivity (Wildman–Crippen MR) is 80.2 cm³/mol. The van der Waals surface area contributed by atoms with Crippen molar-refractivity contribution in [2.75, 3.05) is 39.3 Å². The molecule has 1 N–H and O–H groups in total. The van der Waals surface area contributed by atoms with Gasteiger partial charge in [0.05, 0.1) is 18.8 Å². The number of nitrogens with zero attached hydrogens (tertiary/aromatic N) is 5. The van der Waals surface area contributed by atoms with Crippen molar-refractivity contribution in [2.45, 2.75) is 6.54 Å². The third kappa shape index (κ3) is 3.66. The highest BCUT2D eigenvalue weighted by molar-refractivity contribution is 5.29. The van der Waals surface area contributed by atoms with Gasteiger partial charge >= 0.3 is 0 Å². The average molecular weight is 287 g/mol. The van der Waals surface area contributed by atoms with Crippen LogP contribution in [0.1, 0.15) is 5.82 Å². The predicted octanol–water partition coefficient (Wildman–Crippen LogP) is 0.377. The number of piperazine rings is 1. The molecule has 0 atom stereocenters. The van der Waals surface area contributed by atoms with Gasteiger partial charge in [0.2, 0.25) is 0 Å². The average Bonchev–Trinajstić information content (AvgIpc) is 2.99. The van der Waals surface area contributed by atoms with E-state index in [0.29, 0.717) is 0 Å². The zero-order valence-corrected chi connectivity index (χ0v) is 12.1. The van der Waals surface area contributed by atoms with E-state index in [1.807, 2.05) is 35.0 Å². The molecule has 1 aromatic heterocycles. The Balaban J connectivity index is 1.56. The smallest absolute Gasteiger partial charge is 0.164 e. The van der Waals surface area contributed by atoms with Crippen LogP contribution in [0.5, 0.6) is 0 Å². The van der Waals surface area contributed by atoms with E-state index in [4.69, 9.17) is 5.11 Å². The molecule has 1 aromatic carbocycles. The van der Waals surface area contributed by atoms with Gasteiger partial charge in [-0.2, -0.15) is 0 Å². The highest BCUT2D eigenvalue weighted by Gasteiger charge is 2.17. The zero-order valence-electron chi connectivity index (χ0n) is 12.1. The molecule has 0 bridgehead atoms. The Morgan fingerprint density at radius 3 is 2.43 bits per heavy atom. The zero-order chi connectivity index (χ0) is 14.5. The van der Waals surface area contributed by atoms with Crippen LogP contribution in [0.3, 0.4) is 0 Å². The number of β-amino-alcohol motifs (C(OH)–C–C–N with tert-alkyl or cyclic N) is 1. The van der Waals surface area contributed by atoms with Gasteiger partial charge in [0, 0.05) is 32.7 Å². The molecule has 0 amide bonds. The maximum absolute atomic E-state index is 8.95. The first-order valence-electron chi connectivity index (χ1n) is 7.37. The minimum absolute atomic E-state index is 0.239. The van der Waals surface area contributed by atoms with Gasteiger partial charge in [0.15, 0.2) is 5.82 Å². The summed E-state index contributed by atoms with van der Waals surface area (Å²) >= 11 is 0. The summed E-state index contributed by atoms with van der Waals surface area (Å²) in [4.78, 5) is 9.04. The number of rotatable bonds is 5. The number of hydrogen-bond donors (Lipinski definition) is 1. The summed E-state index contributed by atoms with van der Waals surface area (Å²) in [5, 5.41) is 13.5. The Bertz CT molecular complexity index is 548. The monoisotopic (exact) mass is 287 g/mol. The van der Waals surface area contributed by atoms with Crippen molar-refractivity contribution < 1.29 is 5.11 Å². The van der Waals surface area contributed by atoms with Crippen LogP contribution in [0.25, 0.3) is 5.69 Å². The summed E-state index contributed by atoms with van der Waals surface area (Å²) in [5.74, 6) is 0.856. The molecule has 2 heterocycles. The molecule has 3 rings (SSSR count). The largest absolute Gasteiger partial charge is 0.395 e. The first-order chi connectivity index (χ1) is 10.3. The SMILES string of the molecule is OCCN1CCN(Cc2ncn(-c3ccccc3)n2)CC1. The van der Waals surface area contributed by atoms with Crippen LogP contribution in [0, 0.1) is 0 Å². The molecule has 0 spiro atoms. The van der Waals surface area contributed by atoms with E-state index in [-0.39, 0.29) is 6.61 Å². The summed E-state index contributed by atoms with van der Waals surface area (Å²) in [5.41, 5.74) is 1.03. The van der Waals surface area contributed by atoms with Gasteiger partial charge < -0.3 is 5.11 Å². The van der Waals surface area contributed by atoms with E-state index in [9.17, 15) is 0 Å². The van der Waals surface area contributed by atoms with Gasteiger partial charge in [-0.05, 0) is 12.1 Å². The maximum atomic E-state index is 8.95. The molecule has 1 saturated heterocycles. The summed E-state index contributed by atoms with van der Waals surface area (Å²) < 4.78 is 1.82. The Morgan fingerprint density at radius 1 is 1.00 bits per heavy atom. The van der Waals surface area contributed by atoms with Crippen LogP contribution in [0.2, 0.25) is 0 Å². The van der Waals surface area contributed by atoms with Crippen molar-refractivity contribution in [3.63, 3.8) is 0 Å². The van der Waals surface area contributed by atoms with Crippen LogP contribution in [0.4, 0.5) is 0 Å². The van der Waals surface area contributed by atoms with Crippen molar-refractivity contribution in [2.24, 2.45) is 0 Å². The molecule has 0 aliphatic carbocycles. The summed E-state index contributed by atoms with van der Waals surface area (Å²) in [6, 6.07) is 10.0. The summed E-state index contributed by atoms with van der Waals surface area (Å²) in [6.07, 6.45) is 1.77. The molecule has 21 heavy (non-hydrogen) atoms. The van der Waals surface area contributed by atoms with Crippen LogP contribution < -0.4 is 0 Å². The molecule has 112 valence electrons. The minimum atomic E-state index is 0.239. The van der Waals surface area contributed by atoms with Gasteiger partial charge in [0.25, 0.3) is 0 Å². The number of benzene rings is 1. The lowest BCUT2D eigenvalue weighted by atomic mass is 10.3. The Kier molecular flexibility index (Phi) is 4.59. The van der Waals surface area contributed by atoms with Crippen molar-refractivity contribution in [3.05, 3.63) is 42.5 Å². The molecule has 6 nitrogen and oxygen atoms in total. The second-order valence-electron chi connectivity index (χ2n) is 5.28. The molecule has 6 heteroatoms. The second kappa shape index (κ2) is 6.80. The van der Waals surface area contributed by atoms with Crippen LogP contribution in [-0.4, -0.2) is 69.0 Å². The van der Waals surface area contributed by atoms with E-state index >= 15 is 0 Å². The third-order valence-electron chi connectivity index (χ3n) is 3.81. The van der Waals surface area contributed by atoms with Gasteiger partial charge in [-0.3, -0.25) is 9.80 Å². The number of aliphatic hydroxyl groups is 1. The van der Waals surface area contributed by atoms with Gasteiger partial charge in [-0.15, -0.1) is 5.10 Å². The standard InChI is InChI=1S/C15H21N5O/c21-11-10-18-6-8-19(9-7-18)12-15-16-13-20(17-15)14-4-2-1-3-5-14/h1-5,13,21H,6-12H2. The number of aliphatic hydroxyl groups excluding tert-OH is 1. The lowest BCUT2D eigenvalue weighted by Gasteiger charge is -2.33. The molecule has 1 fully saturated rings. The Hall–Kier alpha value is -1.76. The number of hydrogen-bond acceptors (Lipinski definition) is 5. The van der Waals surface area contributed by atoms with Crippen LogP contribution >= 0.6 is 0 Å². The Labute approximate surface area is 124 Å². The third-order valence-corrected chi connectivity index (χ3v) is 3.81. The second-order valence-corrected chi connectivity index (χ2v) is 5.28. The molecular weight excluding hydrogens is 266 g/mol. The Morgan fingerprint density at radius 2 is 1.71 bits per heavy atom.